The average Bonchev–Trinajstić information content (AvgIpc) is 2.31. The molecule has 0 bridgehead atoms. The number of carbonyl (C=O) groups excluding carboxylic acids is 1. The summed E-state index contributed by atoms with van der Waals surface area (Å²) >= 11 is 0. The molecule has 1 aliphatic rings. The van der Waals surface area contributed by atoms with Crippen molar-refractivity contribution in [3.05, 3.63) is 29.8 Å². The van der Waals surface area contributed by atoms with Crippen molar-refractivity contribution in [2.45, 2.75) is 0 Å². The highest BCUT2D eigenvalue weighted by Gasteiger charge is 2.12. The molecule has 0 amide bonds. The van der Waals surface area contributed by atoms with Crippen LogP contribution in [0.5, 0.6) is 5.75 Å². The summed E-state index contributed by atoms with van der Waals surface area (Å²) in [5.74, 6) is 0.634. The maximum absolute atomic E-state index is 10.8. The van der Waals surface area contributed by atoms with E-state index in [2.05, 4.69) is 5.32 Å². The Morgan fingerprint density at radius 1 is 1.27 bits per heavy atom. The third kappa shape index (κ3) is 2.55. The van der Waals surface area contributed by atoms with Crippen molar-refractivity contribution in [3.8, 4) is 5.75 Å². The maximum Gasteiger partial charge on any atom is 0.157 e. The summed E-state index contributed by atoms with van der Waals surface area (Å²) in [6.45, 7) is 3.52. The maximum atomic E-state index is 10.8. The number of benzene rings is 1. The summed E-state index contributed by atoms with van der Waals surface area (Å²) in [6.07, 6.45) is 0.817. The number of aldehydes is 1. The minimum atomic E-state index is 0.594. The molecule has 2 rings (SSSR count). The average molecular weight is 206 g/mol. The second kappa shape index (κ2) is 4.91. The normalized spacial score (nSPS) is 17.3. The monoisotopic (exact) mass is 206 g/mol. The molecule has 1 aromatic rings. The van der Waals surface area contributed by atoms with Gasteiger partial charge in [0.1, 0.15) is 0 Å². The van der Waals surface area contributed by atoms with Crippen LogP contribution in [-0.2, 0) is 0 Å². The molecule has 0 aliphatic carbocycles. The Morgan fingerprint density at radius 3 is 2.73 bits per heavy atom. The van der Waals surface area contributed by atoms with Gasteiger partial charge in [-0.3, -0.25) is 4.79 Å². The van der Waals surface area contributed by atoms with Gasteiger partial charge in [-0.1, -0.05) is 12.1 Å². The van der Waals surface area contributed by atoms with Gasteiger partial charge < -0.3 is 10.2 Å². The predicted molar refractivity (Wildman–Crippen MR) is 56.9 cm³/mol. The van der Waals surface area contributed by atoms with Gasteiger partial charge in [0.2, 0.25) is 0 Å². The number of nitrogens with one attached hydrogen (secondary N) is 1. The molecule has 0 aromatic heterocycles. The van der Waals surface area contributed by atoms with Crippen molar-refractivity contribution in [3.63, 3.8) is 0 Å². The standard InChI is InChI=1S/C11H14N2O2/c14-9-10-3-1-2-4-11(10)15-13-7-5-12-6-8-13/h1-4,9,12H,5-8H2. The summed E-state index contributed by atoms with van der Waals surface area (Å²) in [7, 11) is 0. The minimum Gasteiger partial charge on any atom is -0.405 e. The highest BCUT2D eigenvalue weighted by Crippen LogP contribution is 2.16. The molecule has 0 saturated carbocycles. The number of nitrogens with zero attached hydrogens (tertiary/aromatic N) is 1. The molecule has 0 atom stereocenters. The summed E-state index contributed by atoms with van der Waals surface area (Å²) in [5, 5.41) is 5.11. The van der Waals surface area contributed by atoms with Gasteiger partial charge in [-0.25, -0.2) is 0 Å². The topological polar surface area (TPSA) is 41.6 Å². The first-order valence-corrected chi connectivity index (χ1v) is 5.08. The largest absolute Gasteiger partial charge is 0.405 e. The fourth-order valence-corrected chi connectivity index (χ4v) is 1.54. The van der Waals surface area contributed by atoms with Crippen molar-refractivity contribution < 1.29 is 9.63 Å². The number of hydrogen-bond acceptors (Lipinski definition) is 4. The fraction of sp³-hybridized carbons (Fsp3) is 0.364. The van der Waals surface area contributed by atoms with Crippen molar-refractivity contribution in [2.24, 2.45) is 0 Å². The molecular formula is C11H14N2O2. The summed E-state index contributed by atoms with van der Waals surface area (Å²) < 4.78 is 0. The number of carbonyl (C=O) groups is 1. The van der Waals surface area contributed by atoms with E-state index in [0.717, 1.165) is 32.5 Å². The zero-order valence-electron chi connectivity index (χ0n) is 8.48. The number of para-hydroxylation sites is 1. The van der Waals surface area contributed by atoms with Gasteiger partial charge in [-0.15, -0.1) is 5.06 Å². The number of piperazine rings is 1. The molecular weight excluding hydrogens is 192 g/mol. The van der Waals surface area contributed by atoms with Crippen LogP contribution < -0.4 is 10.2 Å². The molecule has 1 aliphatic heterocycles. The van der Waals surface area contributed by atoms with E-state index in [1.165, 1.54) is 0 Å². The van der Waals surface area contributed by atoms with E-state index >= 15 is 0 Å². The molecule has 1 heterocycles. The van der Waals surface area contributed by atoms with Crippen LogP contribution in [0, 0.1) is 0 Å². The van der Waals surface area contributed by atoms with Crippen LogP contribution in [0.4, 0.5) is 0 Å². The van der Waals surface area contributed by atoms with E-state index in [1.54, 1.807) is 6.07 Å². The Balaban J connectivity index is 2.05. The van der Waals surface area contributed by atoms with Crippen LogP contribution in [0.2, 0.25) is 0 Å². The zero-order valence-corrected chi connectivity index (χ0v) is 8.48. The Morgan fingerprint density at radius 2 is 2.00 bits per heavy atom. The first-order valence-electron chi connectivity index (χ1n) is 5.08. The first kappa shape index (κ1) is 10.1. The number of rotatable bonds is 3. The lowest BCUT2D eigenvalue weighted by Gasteiger charge is -2.27. The predicted octanol–water partition coefficient (Wildman–Crippen LogP) is 0.698. The molecule has 0 unspecified atom stereocenters. The summed E-state index contributed by atoms with van der Waals surface area (Å²) in [6, 6.07) is 7.26. The zero-order chi connectivity index (χ0) is 10.5. The minimum absolute atomic E-state index is 0.594. The highest BCUT2D eigenvalue weighted by atomic mass is 16.7. The van der Waals surface area contributed by atoms with Crippen LogP contribution in [0.3, 0.4) is 0 Å². The number of hydroxylamine groups is 2. The van der Waals surface area contributed by atoms with E-state index < -0.39 is 0 Å². The Bertz CT molecular complexity index is 335. The van der Waals surface area contributed by atoms with E-state index in [1.807, 2.05) is 23.3 Å². The van der Waals surface area contributed by atoms with Crippen LogP contribution in [0.25, 0.3) is 0 Å². The highest BCUT2D eigenvalue weighted by molar-refractivity contribution is 5.79. The third-order valence-corrected chi connectivity index (χ3v) is 2.35. The first-order chi connectivity index (χ1) is 7.40. The van der Waals surface area contributed by atoms with Crippen molar-refractivity contribution in [1.29, 1.82) is 0 Å². The van der Waals surface area contributed by atoms with E-state index in [0.29, 0.717) is 11.3 Å². The molecule has 4 heteroatoms. The van der Waals surface area contributed by atoms with E-state index in [4.69, 9.17) is 4.84 Å². The van der Waals surface area contributed by atoms with Gasteiger partial charge in [0, 0.05) is 26.2 Å². The molecule has 15 heavy (non-hydrogen) atoms. The molecule has 1 saturated heterocycles. The van der Waals surface area contributed by atoms with Gasteiger partial charge in [-0.2, -0.15) is 0 Å². The quantitative estimate of drug-likeness (QED) is 0.739. The SMILES string of the molecule is O=Cc1ccccc1ON1CCNCC1. The van der Waals surface area contributed by atoms with Crippen LogP contribution in [0.1, 0.15) is 10.4 Å². The molecule has 0 radical (unpaired) electrons. The molecule has 1 N–H and O–H groups in total. The Hall–Kier alpha value is -1.39. The fourth-order valence-electron chi connectivity index (χ4n) is 1.54. The van der Waals surface area contributed by atoms with Crippen molar-refractivity contribution >= 4 is 6.29 Å². The van der Waals surface area contributed by atoms with Gasteiger partial charge in [0.05, 0.1) is 5.56 Å². The second-order valence-electron chi connectivity index (χ2n) is 3.43. The molecule has 1 aromatic carbocycles. The van der Waals surface area contributed by atoms with Crippen LogP contribution in [0.15, 0.2) is 24.3 Å². The molecule has 80 valence electrons. The van der Waals surface area contributed by atoms with Crippen LogP contribution in [-0.4, -0.2) is 37.5 Å². The van der Waals surface area contributed by atoms with Gasteiger partial charge >= 0.3 is 0 Å². The lowest BCUT2D eigenvalue weighted by Crippen LogP contribution is -2.45. The summed E-state index contributed by atoms with van der Waals surface area (Å²) in [5.41, 5.74) is 0.594. The summed E-state index contributed by atoms with van der Waals surface area (Å²) in [4.78, 5) is 16.4. The molecule has 4 nitrogen and oxygen atoms in total. The molecule has 0 spiro atoms. The van der Waals surface area contributed by atoms with Crippen molar-refractivity contribution in [1.82, 2.24) is 10.4 Å². The smallest absolute Gasteiger partial charge is 0.157 e. The Labute approximate surface area is 88.8 Å². The lowest BCUT2D eigenvalue weighted by molar-refractivity contribution is -0.0667. The van der Waals surface area contributed by atoms with Gasteiger partial charge in [0.25, 0.3) is 0 Å². The van der Waals surface area contributed by atoms with E-state index in [-0.39, 0.29) is 0 Å². The molecule has 1 fully saturated rings. The lowest BCUT2D eigenvalue weighted by atomic mass is 10.2. The number of hydrogen-bond donors (Lipinski definition) is 1. The van der Waals surface area contributed by atoms with Crippen LogP contribution >= 0.6 is 0 Å². The van der Waals surface area contributed by atoms with Crippen molar-refractivity contribution in [2.75, 3.05) is 26.2 Å². The second-order valence-corrected chi connectivity index (χ2v) is 3.43. The van der Waals surface area contributed by atoms with E-state index in [9.17, 15) is 4.79 Å². The third-order valence-electron chi connectivity index (χ3n) is 2.35. The Kier molecular flexibility index (Phi) is 3.32. The van der Waals surface area contributed by atoms with Gasteiger partial charge in [-0.05, 0) is 12.1 Å². The van der Waals surface area contributed by atoms with Gasteiger partial charge in [0.15, 0.2) is 12.0 Å².